The number of aromatic hydroxyl groups is 1. The molecular weight excluding hydrogens is 1810 g/mol. The van der Waals surface area contributed by atoms with Gasteiger partial charge < -0.3 is 74.2 Å². The van der Waals surface area contributed by atoms with Crippen molar-refractivity contribution in [2.24, 2.45) is 28.1 Å². The smallest absolute Gasteiger partial charge is 0.414 e. The van der Waals surface area contributed by atoms with Gasteiger partial charge in [-0.25, -0.2) is 79.5 Å². The van der Waals surface area contributed by atoms with Crippen molar-refractivity contribution in [1.29, 1.82) is 0 Å². The van der Waals surface area contributed by atoms with Gasteiger partial charge in [0.05, 0.1) is 113 Å². The molecule has 4 saturated heterocycles. The van der Waals surface area contributed by atoms with Crippen LogP contribution in [0.25, 0.3) is 65.8 Å². The van der Waals surface area contributed by atoms with Gasteiger partial charge in [-0.3, -0.25) is 9.80 Å². The number of carbonyl (C=O) groups excluding carboxylic acids is 2. The Kier molecular flexibility index (Phi) is 20.2. The van der Waals surface area contributed by atoms with E-state index in [1.165, 1.54) is 121 Å². The van der Waals surface area contributed by atoms with E-state index < -0.39 is 76.4 Å². The average molecular weight is 2040 g/mol. The summed E-state index contributed by atoms with van der Waals surface area (Å²) in [5.41, 5.74) is 3.66. The number of carbonyl (C=O) groups is 2. The summed E-state index contributed by atoms with van der Waals surface area (Å²) >= 11 is 0. The van der Waals surface area contributed by atoms with Crippen LogP contribution in [-0.2, 0) is 40.7 Å². The molecule has 6 aliphatic rings. The van der Waals surface area contributed by atoms with Crippen LogP contribution in [0.3, 0.4) is 0 Å². The van der Waals surface area contributed by atoms with Crippen LogP contribution in [0.4, 0.5) is 51.5 Å². The van der Waals surface area contributed by atoms with Crippen LogP contribution in [0.5, 0.6) is 40.8 Å². The molecule has 20 rings (SSSR count). The Balaban J connectivity index is -0.000000201. The highest BCUT2D eigenvalue weighted by molar-refractivity contribution is 7.91. The van der Waals surface area contributed by atoms with Crippen molar-refractivity contribution in [3.05, 3.63) is 168 Å². The van der Waals surface area contributed by atoms with Gasteiger partial charge in [0.2, 0.25) is 19.7 Å². The number of nitrogens with one attached hydrogen (secondary N) is 6. The van der Waals surface area contributed by atoms with Gasteiger partial charge in [-0.2, -0.15) is 19.9 Å². The third-order valence-corrected chi connectivity index (χ3v) is 29.0. The van der Waals surface area contributed by atoms with E-state index in [2.05, 4.69) is 111 Å². The summed E-state index contributed by atoms with van der Waals surface area (Å²) in [4.78, 5) is 94.0. The first-order valence-corrected chi connectivity index (χ1v) is 48.5. The van der Waals surface area contributed by atoms with Gasteiger partial charge >= 0.3 is 24.2 Å². The Bertz CT molecular complexity index is 7240. The SMILES string of the molecule is C.CNc1cc(F)cc2c1[nH]c1nc(Oc3cnc(C)nc3)nc(N3C[C@@H]4CCC[C@]4(C)C3)c12.COc1ccc(CS(=O)(=O)c2nc(S(=O)(=O)Cc3ccc(OC)cc3)c3c(n2)[nH]c2c(N(C)C(=O)OC(C)(C)C)cc(F)cc23)cc1.C[C@]12CCN[C@H]1CNC2.Cc1ncc(O)cn1.Cc1ncc(Oc2nc(N3C[C@@H]4CCC[C@]4(C)C3)c3c(n2)[nH]c2c(N(C)C(=O)OC(C)(C)C)cc(F)cc23)cn1.[2HH].[2H][2H].[2H][2H].[2H][2H].[2H][2H].[2H][2H].[2H][2H].[2H][2H].[2H][2H].[2H][2H].[2H][2H].[2H][2H].[2H][2H].[2H][2H].[2H][2H].[2H][2H].[2H][2H].[2H][2H].[2H][2H].[2H][2H].[2H][2H].[2H][2H].[2H][2H].[2H][2H].[2H][2H].[2H][2H]. The molecule has 13 heterocycles. The fraction of sp³-hybridized carbons (Fsp3) is 0.429. The number of anilines is 5. The summed E-state index contributed by atoms with van der Waals surface area (Å²) in [5.74, 6) is 3.93. The van der Waals surface area contributed by atoms with Gasteiger partial charge in [0.25, 0.3) is 5.16 Å². The predicted octanol–water partition coefficient (Wildman–Crippen LogP) is 24.0. The topological polar surface area (TPSA) is 429 Å². The Hall–Kier alpha value is -13.5. The number of amides is 2. The lowest BCUT2D eigenvalue weighted by Gasteiger charge is -2.25. The first kappa shape index (κ1) is 71.1. The molecule has 2 aliphatic carbocycles. The largest absolute Gasteiger partial charge is 0.505 e. The van der Waals surface area contributed by atoms with Crippen molar-refractivity contribution in [3.8, 4) is 40.8 Å². The summed E-state index contributed by atoms with van der Waals surface area (Å²) in [6.45, 7) is 30.0. The lowest BCUT2D eigenvalue weighted by Crippen LogP contribution is -2.34. The summed E-state index contributed by atoms with van der Waals surface area (Å²) < 4.78 is 384. The molecule has 782 valence electrons. The summed E-state index contributed by atoms with van der Waals surface area (Å²) in [6.07, 6.45) is 16.4. The van der Waals surface area contributed by atoms with Crippen LogP contribution in [-0.4, -0.2) is 207 Å². The summed E-state index contributed by atoms with van der Waals surface area (Å²) in [7, 11) is -1.05. The van der Waals surface area contributed by atoms with Gasteiger partial charge in [-0.15, -0.1) is 0 Å². The van der Waals surface area contributed by atoms with E-state index >= 15 is 8.78 Å². The van der Waals surface area contributed by atoms with Crippen LogP contribution in [0.2, 0.25) is 0 Å². The number of H-pyrrole nitrogens is 3. The van der Waals surface area contributed by atoms with Crippen LogP contribution >= 0.6 is 0 Å². The molecule has 138 heavy (non-hydrogen) atoms. The van der Waals surface area contributed by atoms with Gasteiger partial charge in [0, 0.05) is 158 Å². The van der Waals surface area contributed by atoms with E-state index in [4.69, 9.17) is 118 Å². The van der Waals surface area contributed by atoms with Gasteiger partial charge in [0.1, 0.15) is 86.2 Å². The molecule has 0 spiro atoms. The zero-order valence-corrected chi connectivity index (χ0v) is 81.2. The Labute approximate surface area is 876 Å². The highest BCUT2D eigenvalue weighted by Crippen LogP contribution is 2.53. The summed E-state index contributed by atoms with van der Waals surface area (Å²) in [6, 6.07) is 21.6. The Morgan fingerprint density at radius 1 is 0.551 bits per heavy atom. The maximum Gasteiger partial charge on any atom is 0.414 e. The number of halogens is 3. The van der Waals surface area contributed by atoms with E-state index in [1.807, 2.05) is 6.92 Å². The number of hydrogen-bond donors (Lipinski definition) is 7. The van der Waals surface area contributed by atoms with E-state index in [0.717, 1.165) is 71.4 Å². The van der Waals surface area contributed by atoms with Crippen LogP contribution in [0.1, 0.15) is 219 Å². The minimum Gasteiger partial charge on any atom is -0.505 e. The molecule has 4 aliphatic heterocycles. The lowest BCUT2D eigenvalue weighted by atomic mass is 9.83. The number of sulfone groups is 2. The average Bonchev–Trinajstić information content (AvgIpc) is 1.58. The number of aromatic nitrogens is 15. The molecule has 0 bridgehead atoms. The van der Waals surface area contributed by atoms with Crippen molar-refractivity contribution in [2.45, 2.75) is 174 Å². The normalized spacial score (nSPS) is 20.8. The maximum absolute atomic E-state index is 15.2. The highest BCUT2D eigenvalue weighted by Gasteiger charge is 2.49. The Morgan fingerprint density at radius 2 is 0.964 bits per heavy atom. The molecule has 40 heteroatoms. The molecule has 35 nitrogen and oxygen atoms in total. The standard InChI is InChI=1S/C32H33FN4O8S2.C29H34FN7O3.C24H26FN7O.C7H14N2.C5H6N2O.CH4.26H2/c1-32(2,3)45-31(38)37(4)25-16-21(33)15-24-26-28(34-27(24)25)35-30(47(41,42)18-20-9-13-23(44-6)14-10-20)36-29(26)46(39,40)17-19-7-11-22(43-5)12-8-19;1-16-31-12-19(13-32-16)39-26-34-24-22(25(35-26)37-14-17-8-7-9-29(17,5)15-37)20-10-18(30)11-21(23(20)33-24)36(6)27(38)40-28(2,3)4;1-13-27-9-16(10-28-13)33-23-30-21-19(17-7-15(25)8-18(26-3)20(17)29-21)22(31-23)32-11-14-5-4-6-24(14,2)12-32;1-7-2-3-9-6(7)4-8-5-7;1-4-6-2-5(8)3-7-4;;;;;;;;;;;;;;;;;;;;;;;;;;;/h7-16H,17-18H2,1-6H3,(H,34,35,36);10-13,17H,7-9,14-15H2,1-6H3,(H,33,34,35);7-10,14,26H,4-6,11-12H2,1-3H3,(H,29,30,31);6,8-9H,2-5H2,1H3;2-3,8H,1H3;1H4;26*1H/t;17-,29+;14-,24+;6-,7+;;;;;;;;;;;;;;;;;;;;;;;;;;;;/m.000............................/s1/i;;;;;;25*1+1D;1+1. The van der Waals surface area contributed by atoms with Gasteiger partial charge in [0.15, 0.2) is 22.3 Å². The van der Waals surface area contributed by atoms with Crippen molar-refractivity contribution >= 4 is 126 Å². The quantitative estimate of drug-likeness (QED) is 0.0329. The number of fused-ring (bicyclic) bond motifs is 12. The number of nitrogens with zero attached hydrogens (tertiary/aromatic N) is 16. The second kappa shape index (κ2) is 39.2. The lowest BCUT2D eigenvalue weighted by molar-refractivity contribution is 0.0579. The Morgan fingerprint density at radius 3 is 1.38 bits per heavy atom. The first-order valence-electron chi connectivity index (χ1n) is 70.2. The second-order valence-electron chi connectivity index (χ2n) is 38.5. The minimum atomic E-state index is -4.39. The van der Waals surface area contributed by atoms with Crippen LogP contribution in [0, 0.1) is 66.3 Å². The maximum atomic E-state index is 15.2. The fourth-order valence-electron chi connectivity index (χ4n) is 18.9. The van der Waals surface area contributed by atoms with Crippen LogP contribution < -0.4 is 54.5 Å². The molecule has 7 N–H and O–H groups in total. The van der Waals surface area contributed by atoms with Crippen molar-refractivity contribution in [3.63, 3.8) is 0 Å². The zero-order chi connectivity index (χ0) is 148. The van der Waals surface area contributed by atoms with E-state index in [1.54, 1.807) is 149 Å². The van der Waals surface area contributed by atoms with E-state index in [-0.39, 0.29) is 70.9 Å². The third-order valence-electron chi connectivity index (χ3n) is 26.0. The van der Waals surface area contributed by atoms with Crippen molar-refractivity contribution in [1.82, 2.24) is 85.4 Å². The van der Waals surface area contributed by atoms with E-state index in [0.29, 0.717) is 114 Å². The number of aryl methyl sites for hydroxylation is 3. The predicted molar refractivity (Wildman–Crippen MR) is 577 cm³/mol. The van der Waals surface area contributed by atoms with Crippen LogP contribution in [0.15, 0.2) is 132 Å². The fourth-order valence-corrected chi connectivity index (χ4v) is 21.7. The van der Waals surface area contributed by atoms with Crippen molar-refractivity contribution in [2.75, 3.05) is 106 Å². The number of hydrogen-bond acceptors (Lipinski definition) is 30. The van der Waals surface area contributed by atoms with Gasteiger partial charge in [-0.05, 0) is 201 Å². The molecule has 0 unspecified atom stereocenters. The number of ether oxygens (including phenoxy) is 6. The monoisotopic (exact) mass is 2030 g/mol. The van der Waals surface area contributed by atoms with Gasteiger partial charge in [-0.1, -0.05) is 65.3 Å². The van der Waals surface area contributed by atoms with E-state index in [9.17, 15) is 30.8 Å². The van der Waals surface area contributed by atoms with Crippen molar-refractivity contribution < 1.29 is 149 Å². The minimum absolute atomic E-state index is 0. The third kappa shape index (κ3) is 21.4. The molecule has 9 aromatic heterocycles. The molecule has 14 aromatic rings. The number of methoxy groups -OCH3 is 2. The molecule has 0 radical (unpaired) electrons. The first-order chi connectivity index (χ1) is 89.9. The molecule has 2 saturated carbocycles. The number of benzene rings is 5. The molecule has 5 aromatic carbocycles. The molecular formula is C98H169F3N22O13S2. The second-order valence-corrected chi connectivity index (χ2v) is 42.3. The highest BCUT2D eigenvalue weighted by atomic mass is 32.2. The molecule has 6 atom stereocenters. The number of aromatic amines is 3. The summed E-state index contributed by atoms with van der Waals surface area (Å²) in [5, 5.41) is 20.0. The molecule has 2 amide bonds. The molecule has 6 fully saturated rings. The zero-order valence-electron chi connectivity index (χ0n) is 130. The number of rotatable bonds is 17.